The smallest absolute Gasteiger partial charge is 0.246 e. The van der Waals surface area contributed by atoms with E-state index in [1.807, 2.05) is 18.2 Å². The molecule has 0 saturated heterocycles. The molecule has 1 rings (SSSR count). The summed E-state index contributed by atoms with van der Waals surface area (Å²) in [6.45, 7) is 6.91. The van der Waals surface area contributed by atoms with E-state index in [-0.39, 0.29) is 5.91 Å². The quantitative estimate of drug-likeness (QED) is 0.602. The van der Waals surface area contributed by atoms with E-state index >= 15 is 0 Å². The molecule has 1 amide bonds. The molecule has 0 atom stereocenters. The van der Waals surface area contributed by atoms with Crippen LogP contribution in [0.1, 0.15) is 13.3 Å². The van der Waals surface area contributed by atoms with Gasteiger partial charge in [0, 0.05) is 31.4 Å². The Hall–Kier alpha value is -1.77. The van der Waals surface area contributed by atoms with Crippen molar-refractivity contribution in [3.63, 3.8) is 0 Å². The summed E-state index contributed by atoms with van der Waals surface area (Å²) in [7, 11) is 2.05. The summed E-state index contributed by atoms with van der Waals surface area (Å²) in [5, 5.41) is 2.82. The maximum absolute atomic E-state index is 11.2. The Kier molecular flexibility index (Phi) is 5.27. The van der Waals surface area contributed by atoms with Gasteiger partial charge in [-0.1, -0.05) is 24.8 Å². The Balaban J connectivity index is 2.23. The number of amides is 1. The summed E-state index contributed by atoms with van der Waals surface area (Å²) in [4.78, 5) is 13.4. The van der Waals surface area contributed by atoms with Crippen molar-refractivity contribution in [3.8, 4) is 0 Å². The molecule has 1 aromatic rings. The van der Waals surface area contributed by atoms with Crippen molar-refractivity contribution >= 4 is 11.6 Å². The summed E-state index contributed by atoms with van der Waals surface area (Å²) >= 11 is 0. The molecule has 1 N–H and O–H groups in total. The Bertz CT molecular complexity index is 373. The molecule has 0 aliphatic rings. The number of hydrogen-bond acceptors (Lipinski definition) is 2. The summed E-state index contributed by atoms with van der Waals surface area (Å²) in [6, 6.07) is 10.2. The zero-order valence-electron chi connectivity index (χ0n) is 10.6. The second-order valence-electron chi connectivity index (χ2n) is 4.15. The number of anilines is 1. The van der Waals surface area contributed by atoms with Gasteiger partial charge in [0.05, 0.1) is 0 Å². The van der Waals surface area contributed by atoms with Crippen molar-refractivity contribution < 1.29 is 4.79 Å². The fourth-order valence-corrected chi connectivity index (χ4v) is 1.48. The summed E-state index contributed by atoms with van der Waals surface area (Å²) in [6.07, 6.45) is 0.921. The molecule has 0 bridgehead atoms. The summed E-state index contributed by atoms with van der Waals surface area (Å²) < 4.78 is 0. The van der Waals surface area contributed by atoms with Crippen LogP contribution in [-0.2, 0) is 4.79 Å². The van der Waals surface area contributed by atoms with Gasteiger partial charge in [0.2, 0.25) is 5.91 Å². The fraction of sp³-hybridized carbons (Fsp3) is 0.357. The predicted molar refractivity (Wildman–Crippen MR) is 72.2 cm³/mol. The van der Waals surface area contributed by atoms with Crippen molar-refractivity contribution in [1.29, 1.82) is 0 Å². The van der Waals surface area contributed by atoms with Gasteiger partial charge >= 0.3 is 0 Å². The van der Waals surface area contributed by atoms with Gasteiger partial charge < -0.3 is 10.2 Å². The first-order valence-electron chi connectivity index (χ1n) is 5.81. The number of carbonyl (C=O) groups is 1. The van der Waals surface area contributed by atoms with Crippen molar-refractivity contribution in [1.82, 2.24) is 5.32 Å². The lowest BCUT2D eigenvalue weighted by Gasteiger charge is -2.19. The van der Waals surface area contributed by atoms with Crippen molar-refractivity contribution in [2.45, 2.75) is 13.3 Å². The number of carbonyl (C=O) groups excluding carboxylic acids is 1. The molecule has 3 nitrogen and oxygen atoms in total. The van der Waals surface area contributed by atoms with Crippen molar-refractivity contribution in [2.75, 3.05) is 25.0 Å². The van der Waals surface area contributed by atoms with Gasteiger partial charge in [-0.25, -0.2) is 0 Å². The molecule has 92 valence electrons. The van der Waals surface area contributed by atoms with Crippen LogP contribution in [0.3, 0.4) is 0 Å². The second-order valence-corrected chi connectivity index (χ2v) is 4.15. The fourth-order valence-electron chi connectivity index (χ4n) is 1.48. The van der Waals surface area contributed by atoms with Gasteiger partial charge in [-0.05, 0) is 25.5 Å². The lowest BCUT2D eigenvalue weighted by molar-refractivity contribution is -0.117. The molecular weight excluding hydrogens is 212 g/mol. The highest BCUT2D eigenvalue weighted by Gasteiger charge is 2.01. The minimum absolute atomic E-state index is 0.0626. The van der Waals surface area contributed by atoms with Crippen LogP contribution in [0.5, 0.6) is 0 Å². The normalized spacial score (nSPS) is 9.76. The lowest BCUT2D eigenvalue weighted by Crippen LogP contribution is -2.28. The van der Waals surface area contributed by atoms with Gasteiger partial charge in [0.1, 0.15) is 0 Å². The van der Waals surface area contributed by atoms with E-state index in [9.17, 15) is 4.79 Å². The van der Waals surface area contributed by atoms with Crippen LogP contribution in [0, 0.1) is 0 Å². The molecule has 0 fully saturated rings. The van der Waals surface area contributed by atoms with E-state index in [1.165, 1.54) is 5.69 Å². The number of rotatable bonds is 6. The Morgan fingerprint density at radius 3 is 2.59 bits per heavy atom. The molecule has 0 aliphatic heterocycles. The number of hydrogen-bond donors (Lipinski definition) is 1. The van der Waals surface area contributed by atoms with Crippen LogP contribution >= 0.6 is 0 Å². The van der Waals surface area contributed by atoms with Crippen molar-refractivity contribution in [3.05, 3.63) is 42.5 Å². The molecule has 0 heterocycles. The first kappa shape index (κ1) is 13.3. The second kappa shape index (κ2) is 6.74. The zero-order valence-corrected chi connectivity index (χ0v) is 10.6. The lowest BCUT2D eigenvalue weighted by atomic mass is 10.3. The van der Waals surface area contributed by atoms with Crippen LogP contribution < -0.4 is 10.2 Å². The molecule has 17 heavy (non-hydrogen) atoms. The zero-order chi connectivity index (χ0) is 12.7. The topological polar surface area (TPSA) is 32.3 Å². The highest BCUT2D eigenvalue weighted by Crippen LogP contribution is 2.10. The van der Waals surface area contributed by atoms with E-state index in [0.717, 1.165) is 13.0 Å². The number of benzene rings is 1. The molecule has 0 radical (unpaired) electrons. The molecule has 0 aliphatic carbocycles. The van der Waals surface area contributed by atoms with E-state index < -0.39 is 0 Å². The first-order chi connectivity index (χ1) is 8.11. The third kappa shape index (κ3) is 4.72. The van der Waals surface area contributed by atoms with Crippen LogP contribution in [0.4, 0.5) is 5.69 Å². The van der Waals surface area contributed by atoms with Crippen LogP contribution in [0.25, 0.3) is 0 Å². The van der Waals surface area contributed by atoms with Gasteiger partial charge in [-0.3, -0.25) is 4.79 Å². The Morgan fingerprint density at radius 1 is 1.35 bits per heavy atom. The molecule has 0 saturated carbocycles. The molecule has 0 spiro atoms. The Labute approximate surface area is 103 Å². The number of nitrogens with one attached hydrogen (secondary N) is 1. The average molecular weight is 232 g/mol. The van der Waals surface area contributed by atoms with E-state index in [2.05, 4.69) is 36.0 Å². The molecular formula is C14H20N2O. The molecule has 0 aromatic heterocycles. The number of para-hydroxylation sites is 1. The van der Waals surface area contributed by atoms with Gasteiger partial charge in [-0.2, -0.15) is 0 Å². The third-order valence-corrected chi connectivity index (χ3v) is 2.54. The van der Waals surface area contributed by atoms with E-state index in [0.29, 0.717) is 12.1 Å². The average Bonchev–Trinajstić information content (AvgIpc) is 2.35. The van der Waals surface area contributed by atoms with Crippen LogP contribution in [-0.4, -0.2) is 26.0 Å². The minimum atomic E-state index is -0.0626. The molecule has 3 heteroatoms. The molecule has 0 unspecified atom stereocenters. The van der Waals surface area contributed by atoms with E-state index in [4.69, 9.17) is 0 Å². The monoisotopic (exact) mass is 232 g/mol. The highest BCUT2D eigenvalue weighted by atomic mass is 16.1. The predicted octanol–water partition coefficient (Wildman–Crippen LogP) is 2.21. The van der Waals surface area contributed by atoms with E-state index in [1.54, 1.807) is 6.92 Å². The van der Waals surface area contributed by atoms with Crippen LogP contribution in [0.2, 0.25) is 0 Å². The third-order valence-electron chi connectivity index (χ3n) is 2.54. The standard InChI is InChI=1S/C14H20N2O/c1-12(2)14(17)15-10-7-11-16(3)13-8-5-4-6-9-13/h4-6,8-9H,1,7,10-11H2,2-3H3,(H,15,17). The first-order valence-corrected chi connectivity index (χ1v) is 5.81. The molecule has 1 aromatic carbocycles. The maximum Gasteiger partial charge on any atom is 0.246 e. The van der Waals surface area contributed by atoms with Crippen LogP contribution in [0.15, 0.2) is 42.5 Å². The SMILES string of the molecule is C=C(C)C(=O)NCCCN(C)c1ccccc1. The minimum Gasteiger partial charge on any atom is -0.375 e. The van der Waals surface area contributed by atoms with Crippen molar-refractivity contribution in [2.24, 2.45) is 0 Å². The Morgan fingerprint density at radius 2 is 2.00 bits per heavy atom. The van der Waals surface area contributed by atoms with Gasteiger partial charge in [0.25, 0.3) is 0 Å². The number of nitrogens with zero attached hydrogens (tertiary/aromatic N) is 1. The maximum atomic E-state index is 11.2. The van der Waals surface area contributed by atoms with Gasteiger partial charge in [0.15, 0.2) is 0 Å². The van der Waals surface area contributed by atoms with Gasteiger partial charge in [-0.15, -0.1) is 0 Å². The summed E-state index contributed by atoms with van der Waals surface area (Å²) in [5.41, 5.74) is 1.75. The summed E-state index contributed by atoms with van der Waals surface area (Å²) in [5.74, 6) is -0.0626. The highest BCUT2D eigenvalue weighted by molar-refractivity contribution is 5.91. The largest absolute Gasteiger partial charge is 0.375 e.